The lowest BCUT2D eigenvalue weighted by Crippen LogP contribution is -2.26. The molecule has 220 valence electrons. The van der Waals surface area contributed by atoms with Gasteiger partial charge in [0.15, 0.2) is 6.61 Å². The van der Waals surface area contributed by atoms with Gasteiger partial charge >= 0.3 is 12.5 Å². The molecule has 0 bridgehead atoms. The zero-order chi connectivity index (χ0) is 30.4. The molecule has 0 N–H and O–H groups in total. The summed E-state index contributed by atoms with van der Waals surface area (Å²) in [4.78, 5) is 0. The van der Waals surface area contributed by atoms with Crippen LogP contribution in [0.1, 0.15) is 25.0 Å². The van der Waals surface area contributed by atoms with Crippen molar-refractivity contribution in [1.29, 1.82) is 0 Å². The SMILES string of the molecule is CC(C)(c1cc(OCC(F)(F)F)cc(OC(F)(F)F)c1)c1cc(Cl)cc(N(c2ccc3sccc3c2)S(C)(=O)=O)c1. The summed E-state index contributed by atoms with van der Waals surface area (Å²) in [7, 11) is -3.91. The number of fused-ring (bicyclic) bond motifs is 1. The molecule has 41 heavy (non-hydrogen) atoms. The molecule has 5 nitrogen and oxygen atoms in total. The summed E-state index contributed by atoms with van der Waals surface area (Å²) in [5, 5.41) is 2.80. The summed E-state index contributed by atoms with van der Waals surface area (Å²) < 4.78 is 114. The number of sulfonamides is 1. The highest BCUT2D eigenvalue weighted by atomic mass is 35.5. The minimum Gasteiger partial charge on any atom is -0.484 e. The Morgan fingerprint density at radius 2 is 1.51 bits per heavy atom. The van der Waals surface area contributed by atoms with E-state index in [9.17, 15) is 34.8 Å². The zero-order valence-electron chi connectivity index (χ0n) is 21.6. The number of alkyl halides is 6. The van der Waals surface area contributed by atoms with Crippen molar-refractivity contribution in [3.05, 3.63) is 82.2 Å². The van der Waals surface area contributed by atoms with E-state index in [2.05, 4.69) is 4.74 Å². The van der Waals surface area contributed by atoms with Crippen LogP contribution in [0, 0.1) is 0 Å². The van der Waals surface area contributed by atoms with E-state index in [4.69, 9.17) is 16.3 Å². The van der Waals surface area contributed by atoms with Crippen LogP contribution in [0.25, 0.3) is 10.1 Å². The van der Waals surface area contributed by atoms with Crippen LogP contribution in [-0.2, 0) is 15.4 Å². The van der Waals surface area contributed by atoms with Crippen LogP contribution >= 0.6 is 22.9 Å². The molecule has 0 unspecified atom stereocenters. The van der Waals surface area contributed by atoms with Crippen LogP contribution in [0.3, 0.4) is 0 Å². The molecule has 14 heteroatoms. The Balaban J connectivity index is 1.83. The second-order valence-electron chi connectivity index (χ2n) is 9.64. The summed E-state index contributed by atoms with van der Waals surface area (Å²) in [5.41, 5.74) is -0.297. The third-order valence-electron chi connectivity index (χ3n) is 6.08. The zero-order valence-corrected chi connectivity index (χ0v) is 24.0. The van der Waals surface area contributed by atoms with Crippen LogP contribution in [0.2, 0.25) is 5.02 Å². The first kappa shape index (κ1) is 30.8. The first-order chi connectivity index (χ1) is 18.8. The molecule has 0 radical (unpaired) electrons. The number of rotatable bonds is 8. The third kappa shape index (κ3) is 7.57. The summed E-state index contributed by atoms with van der Waals surface area (Å²) >= 11 is 7.89. The molecule has 0 amide bonds. The van der Waals surface area contributed by atoms with Crippen LogP contribution in [0.4, 0.5) is 37.7 Å². The van der Waals surface area contributed by atoms with E-state index in [0.717, 1.165) is 32.8 Å². The molecule has 0 saturated carbocycles. The van der Waals surface area contributed by atoms with Crippen LogP contribution in [-0.4, -0.2) is 33.8 Å². The first-order valence-corrected chi connectivity index (χ1v) is 14.8. The van der Waals surface area contributed by atoms with Gasteiger partial charge in [-0.15, -0.1) is 24.5 Å². The molecule has 0 aliphatic rings. The first-order valence-electron chi connectivity index (χ1n) is 11.7. The number of thiophene rings is 1. The summed E-state index contributed by atoms with van der Waals surface area (Å²) in [6, 6.07) is 14.2. The van der Waals surface area contributed by atoms with Crippen LogP contribution in [0.5, 0.6) is 11.5 Å². The van der Waals surface area contributed by atoms with Gasteiger partial charge in [-0.05, 0) is 76.5 Å². The maximum absolute atomic E-state index is 13.0. The quantitative estimate of drug-likeness (QED) is 0.181. The fraction of sp³-hybridized carbons (Fsp3) is 0.259. The highest BCUT2D eigenvalue weighted by Crippen LogP contribution is 2.42. The Kier molecular flexibility index (Phi) is 8.20. The van der Waals surface area contributed by atoms with E-state index in [-0.39, 0.29) is 16.3 Å². The van der Waals surface area contributed by atoms with Gasteiger partial charge in [0.05, 0.1) is 17.6 Å². The lowest BCUT2D eigenvalue weighted by atomic mass is 9.78. The third-order valence-corrected chi connectivity index (χ3v) is 8.28. The molecule has 1 aromatic heterocycles. The Labute approximate surface area is 240 Å². The van der Waals surface area contributed by atoms with Gasteiger partial charge in [-0.2, -0.15) is 13.2 Å². The van der Waals surface area contributed by atoms with Crippen molar-refractivity contribution in [2.24, 2.45) is 0 Å². The van der Waals surface area contributed by atoms with Gasteiger partial charge in [0.25, 0.3) is 0 Å². The Morgan fingerprint density at radius 1 is 0.854 bits per heavy atom. The van der Waals surface area contributed by atoms with Crippen molar-refractivity contribution in [2.75, 3.05) is 17.2 Å². The lowest BCUT2D eigenvalue weighted by Gasteiger charge is -2.30. The van der Waals surface area contributed by atoms with Crippen molar-refractivity contribution >= 4 is 54.4 Å². The molecule has 0 fully saturated rings. The van der Waals surface area contributed by atoms with Gasteiger partial charge in [0.2, 0.25) is 10.0 Å². The van der Waals surface area contributed by atoms with E-state index in [1.807, 2.05) is 11.4 Å². The molecule has 4 rings (SSSR count). The average molecular weight is 638 g/mol. The average Bonchev–Trinajstić information content (AvgIpc) is 3.28. The topological polar surface area (TPSA) is 55.8 Å². The monoisotopic (exact) mass is 637 g/mol. The van der Waals surface area contributed by atoms with E-state index in [1.165, 1.54) is 29.5 Å². The minimum atomic E-state index is -5.12. The number of hydrogen-bond donors (Lipinski definition) is 0. The Bertz CT molecular complexity index is 1680. The van der Waals surface area contributed by atoms with Gasteiger partial charge in [-0.1, -0.05) is 25.4 Å². The Morgan fingerprint density at radius 3 is 2.15 bits per heavy atom. The van der Waals surface area contributed by atoms with Crippen molar-refractivity contribution in [3.8, 4) is 11.5 Å². The normalized spacial score (nSPS) is 12.9. The second-order valence-corrected chi connectivity index (χ2v) is 12.9. The largest absolute Gasteiger partial charge is 0.573 e. The summed E-state index contributed by atoms with van der Waals surface area (Å²) in [5.74, 6) is -1.29. The second kappa shape index (κ2) is 10.9. The standard InChI is InChI=1S/C27H22ClF6NO4S2/c1-25(2,18-11-22(38-15-26(29,30)31)14-23(12-18)39-27(32,33)34)17-9-19(28)13-21(10-17)35(41(3,36)37)20-4-5-24-16(8-20)6-7-40-24/h4-14H,15H2,1-3H3. The molecule has 0 spiro atoms. The predicted molar refractivity (Wildman–Crippen MR) is 147 cm³/mol. The highest BCUT2D eigenvalue weighted by molar-refractivity contribution is 7.92. The van der Waals surface area contributed by atoms with Crippen LogP contribution in [0.15, 0.2) is 66.0 Å². The van der Waals surface area contributed by atoms with Gasteiger partial charge in [0, 0.05) is 21.2 Å². The predicted octanol–water partition coefficient (Wildman–Crippen LogP) is 8.82. The molecule has 0 aliphatic carbocycles. The minimum absolute atomic E-state index is 0.0928. The van der Waals surface area contributed by atoms with Crippen LogP contribution < -0.4 is 13.8 Å². The molecular weight excluding hydrogens is 616 g/mol. The lowest BCUT2D eigenvalue weighted by molar-refractivity contribution is -0.274. The van der Waals surface area contributed by atoms with Crippen molar-refractivity contribution in [1.82, 2.24) is 0 Å². The molecule has 3 aromatic carbocycles. The number of anilines is 2. The summed E-state index contributed by atoms with van der Waals surface area (Å²) in [6.07, 6.45) is -8.84. The fourth-order valence-corrected chi connectivity index (χ4v) is 6.19. The summed E-state index contributed by atoms with van der Waals surface area (Å²) in [6.45, 7) is 1.44. The van der Waals surface area contributed by atoms with E-state index in [0.29, 0.717) is 17.3 Å². The number of nitrogens with zero attached hydrogens (tertiary/aromatic N) is 1. The molecule has 4 aromatic rings. The van der Waals surface area contributed by atoms with Gasteiger partial charge in [-0.25, -0.2) is 12.7 Å². The van der Waals surface area contributed by atoms with Crippen molar-refractivity contribution in [2.45, 2.75) is 31.8 Å². The number of halogens is 7. The van der Waals surface area contributed by atoms with Crippen molar-refractivity contribution < 1.29 is 44.2 Å². The number of hydrogen-bond acceptors (Lipinski definition) is 5. The van der Waals surface area contributed by atoms with E-state index in [1.54, 1.807) is 32.0 Å². The van der Waals surface area contributed by atoms with Crippen molar-refractivity contribution in [3.63, 3.8) is 0 Å². The number of ether oxygens (including phenoxy) is 2. The van der Waals surface area contributed by atoms with E-state index < -0.39 is 46.1 Å². The fourth-order valence-electron chi connectivity index (χ4n) is 4.20. The molecule has 0 aliphatic heterocycles. The highest BCUT2D eigenvalue weighted by Gasteiger charge is 2.34. The smallest absolute Gasteiger partial charge is 0.484 e. The van der Waals surface area contributed by atoms with Gasteiger partial charge in [-0.3, -0.25) is 0 Å². The number of benzene rings is 3. The molecular formula is C27H22ClF6NO4S2. The molecule has 0 saturated heterocycles. The van der Waals surface area contributed by atoms with E-state index >= 15 is 0 Å². The maximum Gasteiger partial charge on any atom is 0.573 e. The molecule has 1 heterocycles. The molecule has 0 atom stereocenters. The Hall–Kier alpha value is -3.16. The maximum atomic E-state index is 13.0. The van der Waals surface area contributed by atoms with Gasteiger partial charge in [0.1, 0.15) is 11.5 Å². The van der Waals surface area contributed by atoms with Gasteiger partial charge < -0.3 is 9.47 Å².